The molecule has 2 aromatic rings. The monoisotopic (exact) mass is 550 g/mol. The molecule has 14 heteroatoms. The number of benzene rings is 1. The lowest BCUT2D eigenvalue weighted by atomic mass is 9.91. The highest BCUT2D eigenvalue weighted by Crippen LogP contribution is 2.40. The lowest BCUT2D eigenvalue weighted by molar-refractivity contribution is -0.383. The molecule has 1 amide bonds. The number of carbonyl (C=O) groups excluding carboxylic acids is 1. The Kier molecular flexibility index (Phi) is 7.46. The predicted octanol–water partition coefficient (Wildman–Crippen LogP) is 4.26. The Morgan fingerprint density at radius 3 is 2.39 bits per heavy atom. The number of amides is 1. The van der Waals surface area contributed by atoms with E-state index in [0.717, 1.165) is 44.3 Å². The molecule has 2 bridgehead atoms. The number of sulfone groups is 1. The van der Waals surface area contributed by atoms with Gasteiger partial charge in [0, 0.05) is 24.9 Å². The van der Waals surface area contributed by atoms with Gasteiger partial charge in [0.25, 0.3) is 0 Å². The minimum Gasteiger partial charge on any atom is -0.444 e. The summed E-state index contributed by atoms with van der Waals surface area (Å²) in [5.74, 6) is -1.01. The number of ether oxygens (including phenoxy) is 1. The van der Waals surface area contributed by atoms with Crippen molar-refractivity contribution in [3.63, 3.8) is 0 Å². The van der Waals surface area contributed by atoms with Crippen LogP contribution in [0, 0.1) is 21.8 Å². The highest BCUT2D eigenvalue weighted by Gasteiger charge is 2.44. The maximum atomic E-state index is 14.6. The molecule has 12 nitrogen and oxygen atoms in total. The fourth-order valence-electron chi connectivity index (χ4n) is 5.04. The van der Waals surface area contributed by atoms with Gasteiger partial charge in [-0.15, -0.1) is 0 Å². The van der Waals surface area contributed by atoms with E-state index in [4.69, 9.17) is 4.74 Å². The number of hydrogen-bond donors (Lipinski definition) is 2. The van der Waals surface area contributed by atoms with Crippen LogP contribution in [0.25, 0.3) is 0 Å². The Morgan fingerprint density at radius 2 is 1.84 bits per heavy atom. The van der Waals surface area contributed by atoms with E-state index in [0.29, 0.717) is 6.54 Å². The molecule has 2 N–H and O–H groups in total. The van der Waals surface area contributed by atoms with Gasteiger partial charge in [0.05, 0.1) is 15.5 Å². The van der Waals surface area contributed by atoms with Crippen LogP contribution in [0.2, 0.25) is 0 Å². The number of hydrogen-bond acceptors (Lipinski definition) is 10. The molecule has 206 valence electrons. The largest absolute Gasteiger partial charge is 0.444 e. The summed E-state index contributed by atoms with van der Waals surface area (Å²) in [6, 6.07) is 3.31. The molecule has 2 aliphatic rings. The summed E-state index contributed by atoms with van der Waals surface area (Å²) in [6.45, 7) is 5.89. The number of piperidine rings is 1. The maximum absolute atomic E-state index is 14.6. The van der Waals surface area contributed by atoms with Gasteiger partial charge >= 0.3 is 11.8 Å². The molecule has 2 atom stereocenters. The maximum Gasteiger partial charge on any atom is 0.410 e. The second-order valence-electron chi connectivity index (χ2n) is 10.7. The molecule has 0 unspecified atom stereocenters. The molecular formula is C24H31FN6O6S. The lowest BCUT2D eigenvalue weighted by Gasteiger charge is -2.39. The quantitative estimate of drug-likeness (QED) is 0.377. The molecule has 3 heterocycles. The van der Waals surface area contributed by atoms with Gasteiger partial charge in [0.1, 0.15) is 17.7 Å². The van der Waals surface area contributed by atoms with Crippen LogP contribution in [0.3, 0.4) is 0 Å². The van der Waals surface area contributed by atoms with Crippen LogP contribution in [0.1, 0.15) is 46.5 Å². The van der Waals surface area contributed by atoms with Gasteiger partial charge in [-0.1, -0.05) is 0 Å². The van der Waals surface area contributed by atoms with Crippen LogP contribution in [0.15, 0.2) is 29.4 Å². The number of halogens is 1. The van der Waals surface area contributed by atoms with Crippen LogP contribution in [0.5, 0.6) is 0 Å². The highest BCUT2D eigenvalue weighted by molar-refractivity contribution is 7.90. The van der Waals surface area contributed by atoms with E-state index in [1.54, 1.807) is 0 Å². The van der Waals surface area contributed by atoms with E-state index in [1.165, 1.54) is 12.1 Å². The third-order valence-corrected chi connectivity index (χ3v) is 7.73. The first-order chi connectivity index (χ1) is 17.7. The highest BCUT2D eigenvalue weighted by atomic mass is 32.2. The van der Waals surface area contributed by atoms with Gasteiger partial charge < -0.3 is 20.3 Å². The third kappa shape index (κ3) is 6.11. The molecule has 1 aromatic carbocycles. The molecule has 38 heavy (non-hydrogen) atoms. The van der Waals surface area contributed by atoms with Crippen molar-refractivity contribution in [1.29, 1.82) is 0 Å². The van der Waals surface area contributed by atoms with Crippen molar-refractivity contribution in [2.24, 2.45) is 5.92 Å². The fraction of sp³-hybridized carbons (Fsp3) is 0.542. The number of anilines is 3. The Balaban J connectivity index is 1.46. The first-order valence-corrected chi connectivity index (χ1v) is 14.1. The van der Waals surface area contributed by atoms with E-state index < -0.39 is 31.9 Å². The van der Waals surface area contributed by atoms with Crippen LogP contribution >= 0.6 is 0 Å². The van der Waals surface area contributed by atoms with Gasteiger partial charge in [0.15, 0.2) is 9.84 Å². The Hall–Kier alpha value is -3.55. The van der Waals surface area contributed by atoms with Gasteiger partial charge in [-0.3, -0.25) is 10.1 Å². The van der Waals surface area contributed by atoms with Crippen molar-refractivity contribution in [3.05, 3.63) is 40.5 Å². The second-order valence-corrected chi connectivity index (χ2v) is 12.7. The summed E-state index contributed by atoms with van der Waals surface area (Å²) in [5, 5.41) is 17.5. The smallest absolute Gasteiger partial charge is 0.410 e. The number of nitrogens with zero attached hydrogens (tertiary/aromatic N) is 4. The Bertz CT molecular complexity index is 1330. The number of carbonyl (C=O) groups is 1. The van der Waals surface area contributed by atoms with E-state index in [9.17, 15) is 27.7 Å². The molecule has 0 aliphatic carbocycles. The van der Waals surface area contributed by atoms with Crippen molar-refractivity contribution in [2.45, 2.75) is 69.0 Å². The number of nitro groups is 1. The standard InChI is InChI=1S/C24H31FN6O6S/c1-24(2,3)37-23(32)30-15-5-6-16(30)10-14(9-15)12-26-21-20(31(33)34)22(28-13-27-21)29-19-8-7-17(11-18(19)25)38(4,35)36/h7-8,11,13-16H,5-6,9-10,12H2,1-4H3,(H2,26,27,28,29)/t15-,16-/m0/s1. The van der Waals surface area contributed by atoms with Gasteiger partial charge in [-0.05, 0) is 70.6 Å². The summed E-state index contributed by atoms with van der Waals surface area (Å²) >= 11 is 0. The number of nitrogens with one attached hydrogen (secondary N) is 2. The van der Waals surface area contributed by atoms with E-state index in [1.807, 2.05) is 25.7 Å². The molecular weight excluding hydrogens is 519 g/mol. The molecule has 0 radical (unpaired) electrons. The first-order valence-electron chi connectivity index (χ1n) is 12.2. The molecule has 2 aliphatic heterocycles. The topological polar surface area (TPSA) is 157 Å². The SMILES string of the molecule is CC(C)(C)OC(=O)N1[C@H]2CC[C@H]1CC(CNc1ncnc(Nc3ccc(S(C)(=O)=O)cc3F)c1[N+](=O)[O-])C2. The Morgan fingerprint density at radius 1 is 1.21 bits per heavy atom. The van der Waals surface area contributed by atoms with Gasteiger partial charge in [-0.2, -0.15) is 0 Å². The molecule has 4 rings (SSSR count). The summed E-state index contributed by atoms with van der Waals surface area (Å²) < 4.78 is 43.5. The number of rotatable bonds is 7. The normalized spacial score (nSPS) is 21.2. The lowest BCUT2D eigenvalue weighted by Crippen LogP contribution is -2.49. The third-order valence-electron chi connectivity index (χ3n) is 6.62. The average Bonchev–Trinajstić information content (AvgIpc) is 3.07. The van der Waals surface area contributed by atoms with Crippen molar-refractivity contribution in [1.82, 2.24) is 14.9 Å². The molecule has 0 saturated carbocycles. The van der Waals surface area contributed by atoms with E-state index in [2.05, 4.69) is 20.6 Å². The van der Waals surface area contributed by atoms with Crippen LogP contribution in [0.4, 0.5) is 32.2 Å². The fourth-order valence-corrected chi connectivity index (χ4v) is 5.67. The molecule has 2 saturated heterocycles. The Labute approximate surface area is 220 Å². The van der Waals surface area contributed by atoms with Crippen molar-refractivity contribution in [2.75, 3.05) is 23.4 Å². The van der Waals surface area contributed by atoms with Gasteiger partial charge in [-0.25, -0.2) is 27.6 Å². The van der Waals surface area contributed by atoms with Crippen LogP contribution in [-0.2, 0) is 14.6 Å². The summed E-state index contributed by atoms with van der Waals surface area (Å²) in [6.07, 6.45) is 4.98. The second kappa shape index (κ2) is 10.3. The zero-order valence-corrected chi connectivity index (χ0v) is 22.4. The molecule has 2 fully saturated rings. The first kappa shape index (κ1) is 27.5. The minimum absolute atomic E-state index is 0.0254. The van der Waals surface area contributed by atoms with E-state index >= 15 is 0 Å². The minimum atomic E-state index is -3.62. The van der Waals surface area contributed by atoms with E-state index in [-0.39, 0.29) is 46.3 Å². The van der Waals surface area contributed by atoms with Gasteiger partial charge in [0.2, 0.25) is 11.6 Å². The summed E-state index contributed by atoms with van der Waals surface area (Å²) in [5.41, 5.74) is -1.21. The number of fused-ring (bicyclic) bond motifs is 2. The zero-order chi connectivity index (χ0) is 27.8. The predicted molar refractivity (Wildman–Crippen MR) is 138 cm³/mol. The average molecular weight is 551 g/mol. The zero-order valence-electron chi connectivity index (χ0n) is 21.6. The summed E-state index contributed by atoms with van der Waals surface area (Å²) in [7, 11) is -3.62. The molecule has 1 aromatic heterocycles. The van der Waals surface area contributed by atoms with Crippen LogP contribution in [-0.4, -0.2) is 64.8 Å². The van der Waals surface area contributed by atoms with Crippen molar-refractivity contribution < 1.29 is 27.3 Å². The van der Waals surface area contributed by atoms with Crippen LogP contribution < -0.4 is 10.6 Å². The van der Waals surface area contributed by atoms with Crippen molar-refractivity contribution in [3.8, 4) is 0 Å². The summed E-state index contributed by atoms with van der Waals surface area (Å²) in [4.78, 5) is 33.5. The number of aromatic nitrogens is 2. The molecule has 0 spiro atoms. The van der Waals surface area contributed by atoms with Crippen molar-refractivity contribution >= 4 is 38.9 Å².